The largest absolute Gasteiger partial charge is 0.416 e. The molecular weight excluding hydrogens is 327 g/mol. The van der Waals surface area contributed by atoms with Crippen molar-refractivity contribution in [2.75, 3.05) is 32.8 Å². The number of morpholine rings is 1. The molecule has 2 aromatic rings. The maximum absolute atomic E-state index is 12.8. The first-order valence-electron chi connectivity index (χ1n) is 8.26. The van der Waals surface area contributed by atoms with Crippen molar-refractivity contribution in [2.45, 2.75) is 6.18 Å². The van der Waals surface area contributed by atoms with Crippen LogP contribution in [-0.4, -0.2) is 37.7 Å². The highest BCUT2D eigenvalue weighted by atomic mass is 19.4. The van der Waals surface area contributed by atoms with Crippen molar-refractivity contribution in [3.63, 3.8) is 0 Å². The van der Waals surface area contributed by atoms with Gasteiger partial charge in [-0.2, -0.15) is 13.2 Å². The molecule has 0 bridgehead atoms. The fourth-order valence-corrected chi connectivity index (χ4v) is 2.84. The van der Waals surface area contributed by atoms with E-state index >= 15 is 0 Å². The van der Waals surface area contributed by atoms with E-state index in [-0.39, 0.29) is 0 Å². The van der Waals surface area contributed by atoms with Crippen LogP contribution >= 0.6 is 0 Å². The average Bonchev–Trinajstić information content (AvgIpc) is 2.62. The van der Waals surface area contributed by atoms with E-state index in [1.54, 1.807) is 12.1 Å². The van der Waals surface area contributed by atoms with Gasteiger partial charge in [-0.1, -0.05) is 42.5 Å². The maximum atomic E-state index is 12.8. The number of ether oxygens (including phenoxy) is 1. The highest BCUT2D eigenvalue weighted by molar-refractivity contribution is 5.82. The van der Waals surface area contributed by atoms with E-state index in [4.69, 9.17) is 4.74 Å². The third-order valence-electron chi connectivity index (χ3n) is 4.22. The molecule has 0 amide bonds. The highest BCUT2D eigenvalue weighted by Crippen LogP contribution is 2.30. The van der Waals surface area contributed by atoms with E-state index in [0.29, 0.717) is 19.8 Å². The second-order valence-corrected chi connectivity index (χ2v) is 6.04. The Morgan fingerprint density at radius 2 is 1.60 bits per heavy atom. The molecule has 1 heterocycles. The Morgan fingerprint density at radius 3 is 2.20 bits per heavy atom. The second kappa shape index (κ2) is 7.85. The fourth-order valence-electron chi connectivity index (χ4n) is 2.84. The monoisotopic (exact) mass is 347 g/mol. The molecule has 0 aliphatic carbocycles. The molecule has 132 valence electrons. The number of benzene rings is 2. The molecule has 0 atom stereocenters. The topological polar surface area (TPSA) is 12.5 Å². The number of hydrogen-bond acceptors (Lipinski definition) is 2. The first-order chi connectivity index (χ1) is 12.0. The zero-order valence-electron chi connectivity index (χ0n) is 13.8. The average molecular weight is 347 g/mol. The molecule has 3 rings (SSSR count). The Labute approximate surface area is 145 Å². The summed E-state index contributed by atoms with van der Waals surface area (Å²) >= 11 is 0. The van der Waals surface area contributed by atoms with Gasteiger partial charge in [-0.3, -0.25) is 4.90 Å². The van der Waals surface area contributed by atoms with E-state index in [2.05, 4.69) is 4.90 Å². The van der Waals surface area contributed by atoms with Gasteiger partial charge in [0.2, 0.25) is 0 Å². The van der Waals surface area contributed by atoms with Gasteiger partial charge in [0.15, 0.2) is 0 Å². The minimum absolute atomic E-state index is 0.623. The quantitative estimate of drug-likeness (QED) is 0.751. The molecular formula is C20H20F3NO. The van der Waals surface area contributed by atoms with Crippen LogP contribution in [0.15, 0.2) is 54.6 Å². The van der Waals surface area contributed by atoms with Crippen LogP contribution in [0.2, 0.25) is 0 Å². The third kappa shape index (κ3) is 4.94. The Bertz CT molecular complexity index is 702. The van der Waals surface area contributed by atoms with E-state index in [0.717, 1.165) is 41.9 Å². The molecule has 0 N–H and O–H groups in total. The second-order valence-electron chi connectivity index (χ2n) is 6.04. The minimum atomic E-state index is -4.31. The lowest BCUT2D eigenvalue weighted by Gasteiger charge is -2.28. The molecule has 25 heavy (non-hydrogen) atoms. The van der Waals surface area contributed by atoms with Gasteiger partial charge in [-0.25, -0.2) is 0 Å². The molecule has 0 aromatic heterocycles. The molecule has 5 heteroatoms. The SMILES string of the molecule is FC(F)(F)c1ccc(/C(=C\c2ccccc2)CN2CCOCC2)cc1. The van der Waals surface area contributed by atoms with Crippen LogP contribution in [0, 0.1) is 0 Å². The molecule has 0 saturated carbocycles. The Hall–Kier alpha value is -2.11. The van der Waals surface area contributed by atoms with Crippen LogP contribution in [0.3, 0.4) is 0 Å². The first kappa shape index (κ1) is 17.7. The molecule has 1 aliphatic rings. The zero-order chi connectivity index (χ0) is 17.7. The van der Waals surface area contributed by atoms with Crippen molar-refractivity contribution in [2.24, 2.45) is 0 Å². The highest BCUT2D eigenvalue weighted by Gasteiger charge is 2.30. The zero-order valence-corrected chi connectivity index (χ0v) is 13.8. The predicted molar refractivity (Wildman–Crippen MR) is 93.0 cm³/mol. The Kier molecular flexibility index (Phi) is 5.56. The predicted octanol–water partition coefficient (Wildman–Crippen LogP) is 4.58. The number of rotatable bonds is 4. The summed E-state index contributed by atoms with van der Waals surface area (Å²) in [5.41, 5.74) is 2.22. The van der Waals surface area contributed by atoms with E-state index in [1.807, 2.05) is 36.4 Å². The number of halogens is 3. The lowest BCUT2D eigenvalue weighted by atomic mass is 10.0. The Balaban J connectivity index is 1.88. The molecule has 1 saturated heterocycles. The summed E-state index contributed by atoms with van der Waals surface area (Å²) in [4.78, 5) is 2.26. The molecule has 2 nitrogen and oxygen atoms in total. The van der Waals surface area contributed by atoms with Gasteiger partial charge < -0.3 is 4.74 Å². The molecule has 1 aliphatic heterocycles. The molecule has 2 aromatic carbocycles. The molecule has 0 radical (unpaired) electrons. The lowest BCUT2D eigenvalue weighted by molar-refractivity contribution is -0.137. The van der Waals surface area contributed by atoms with Crippen LogP contribution in [-0.2, 0) is 10.9 Å². The number of alkyl halides is 3. The fraction of sp³-hybridized carbons (Fsp3) is 0.300. The van der Waals surface area contributed by atoms with Gasteiger partial charge in [0.05, 0.1) is 18.8 Å². The van der Waals surface area contributed by atoms with Crippen molar-refractivity contribution in [1.29, 1.82) is 0 Å². The van der Waals surface area contributed by atoms with E-state index in [9.17, 15) is 13.2 Å². The molecule has 0 spiro atoms. The Morgan fingerprint density at radius 1 is 0.960 bits per heavy atom. The van der Waals surface area contributed by atoms with Crippen LogP contribution in [0.5, 0.6) is 0 Å². The summed E-state index contributed by atoms with van der Waals surface area (Å²) in [6.45, 7) is 3.71. The van der Waals surface area contributed by atoms with E-state index < -0.39 is 11.7 Å². The van der Waals surface area contributed by atoms with Gasteiger partial charge in [-0.15, -0.1) is 0 Å². The standard InChI is InChI=1S/C20H20F3NO/c21-20(22,23)19-8-6-17(7-9-19)18(14-16-4-2-1-3-5-16)15-24-10-12-25-13-11-24/h1-9,14H,10-13,15H2/b18-14-. The summed E-state index contributed by atoms with van der Waals surface area (Å²) < 4.78 is 43.8. The van der Waals surface area contributed by atoms with Crippen molar-refractivity contribution in [1.82, 2.24) is 4.90 Å². The van der Waals surface area contributed by atoms with Crippen LogP contribution in [0.4, 0.5) is 13.2 Å². The van der Waals surface area contributed by atoms with Gasteiger partial charge in [0.1, 0.15) is 0 Å². The van der Waals surface area contributed by atoms with Crippen molar-refractivity contribution in [3.05, 3.63) is 71.3 Å². The van der Waals surface area contributed by atoms with Crippen LogP contribution in [0.25, 0.3) is 11.6 Å². The lowest BCUT2D eigenvalue weighted by Crippen LogP contribution is -2.37. The van der Waals surface area contributed by atoms with Gasteiger partial charge >= 0.3 is 6.18 Å². The number of hydrogen-bond donors (Lipinski definition) is 0. The third-order valence-corrected chi connectivity index (χ3v) is 4.22. The van der Waals surface area contributed by atoms with E-state index in [1.165, 1.54) is 0 Å². The molecule has 1 fully saturated rings. The number of nitrogens with zero attached hydrogens (tertiary/aromatic N) is 1. The summed E-state index contributed by atoms with van der Waals surface area (Å²) in [5, 5.41) is 0. The van der Waals surface area contributed by atoms with Gasteiger partial charge in [0.25, 0.3) is 0 Å². The first-order valence-corrected chi connectivity index (χ1v) is 8.26. The van der Waals surface area contributed by atoms with Crippen LogP contribution in [0.1, 0.15) is 16.7 Å². The normalized spacial score (nSPS) is 16.8. The summed E-state index contributed by atoms with van der Waals surface area (Å²) in [6, 6.07) is 15.2. The van der Waals surface area contributed by atoms with Gasteiger partial charge in [0, 0.05) is 19.6 Å². The maximum Gasteiger partial charge on any atom is 0.416 e. The molecule has 0 unspecified atom stereocenters. The summed E-state index contributed by atoms with van der Waals surface area (Å²) in [7, 11) is 0. The van der Waals surface area contributed by atoms with Crippen molar-refractivity contribution >= 4 is 11.6 Å². The summed E-state index contributed by atoms with van der Waals surface area (Å²) in [5.74, 6) is 0. The van der Waals surface area contributed by atoms with Gasteiger partial charge in [-0.05, 0) is 34.9 Å². The smallest absolute Gasteiger partial charge is 0.379 e. The van der Waals surface area contributed by atoms with Crippen LogP contribution < -0.4 is 0 Å². The summed E-state index contributed by atoms with van der Waals surface area (Å²) in [6.07, 6.45) is -2.27. The van der Waals surface area contributed by atoms with Crippen molar-refractivity contribution in [3.8, 4) is 0 Å². The minimum Gasteiger partial charge on any atom is -0.379 e. The van der Waals surface area contributed by atoms with Crippen molar-refractivity contribution < 1.29 is 17.9 Å².